The number of benzene rings is 1. The van der Waals surface area contributed by atoms with E-state index in [9.17, 15) is 9.59 Å². The van der Waals surface area contributed by atoms with E-state index in [0.717, 1.165) is 28.2 Å². The summed E-state index contributed by atoms with van der Waals surface area (Å²) in [5.74, 6) is -0.486. The molecule has 0 spiro atoms. The molecule has 2 aromatic rings. The Morgan fingerprint density at radius 2 is 2.14 bits per heavy atom. The minimum atomic E-state index is -1.03. The third-order valence-electron chi connectivity index (χ3n) is 2.91. The number of aromatic carboxylic acids is 1. The standard InChI is InChI=1S/C15H15NO3S2/c1-9-7-21-13(15(18)19)12(9)16-14(17)11-5-3-4-10(6-11)8-20-2/h3-7H,8H2,1-2H3,(H,16,17)(H,18,19). The minimum absolute atomic E-state index is 0.154. The van der Waals surface area contributed by atoms with Crippen molar-refractivity contribution in [3.05, 3.63) is 51.2 Å². The molecule has 21 heavy (non-hydrogen) atoms. The molecule has 0 atom stereocenters. The first-order valence-corrected chi connectivity index (χ1v) is 8.51. The normalized spacial score (nSPS) is 10.4. The SMILES string of the molecule is CSCc1cccc(C(=O)Nc2c(C)csc2C(=O)O)c1. The first kappa shape index (κ1) is 15.6. The monoisotopic (exact) mass is 321 g/mol. The Kier molecular flexibility index (Phi) is 5.03. The van der Waals surface area contributed by atoms with Crippen LogP contribution >= 0.6 is 23.1 Å². The Morgan fingerprint density at radius 1 is 1.38 bits per heavy atom. The number of thiophene rings is 1. The van der Waals surface area contributed by atoms with Crippen molar-refractivity contribution in [3.8, 4) is 0 Å². The van der Waals surface area contributed by atoms with Gasteiger partial charge in [0.05, 0.1) is 5.69 Å². The molecule has 0 saturated heterocycles. The molecule has 2 rings (SSSR count). The van der Waals surface area contributed by atoms with Crippen LogP contribution < -0.4 is 5.32 Å². The van der Waals surface area contributed by atoms with Gasteiger partial charge in [-0.1, -0.05) is 12.1 Å². The van der Waals surface area contributed by atoms with E-state index < -0.39 is 5.97 Å². The zero-order valence-electron chi connectivity index (χ0n) is 11.7. The fourth-order valence-corrected chi connectivity index (χ4v) is 3.27. The maximum absolute atomic E-state index is 12.3. The van der Waals surface area contributed by atoms with Crippen molar-refractivity contribution in [3.63, 3.8) is 0 Å². The lowest BCUT2D eigenvalue weighted by Crippen LogP contribution is -2.14. The first-order chi connectivity index (χ1) is 10.0. The van der Waals surface area contributed by atoms with Crippen molar-refractivity contribution in [2.45, 2.75) is 12.7 Å². The molecule has 1 heterocycles. The van der Waals surface area contributed by atoms with Crippen LogP contribution in [0, 0.1) is 6.92 Å². The highest BCUT2D eigenvalue weighted by Gasteiger charge is 2.18. The number of carbonyl (C=O) groups is 2. The van der Waals surface area contributed by atoms with Crippen LogP contribution in [-0.4, -0.2) is 23.2 Å². The zero-order chi connectivity index (χ0) is 15.4. The molecule has 110 valence electrons. The largest absolute Gasteiger partial charge is 0.477 e. The quantitative estimate of drug-likeness (QED) is 0.877. The molecule has 0 unspecified atom stereocenters. The molecule has 2 N–H and O–H groups in total. The van der Waals surface area contributed by atoms with Crippen LogP contribution in [0.3, 0.4) is 0 Å². The summed E-state index contributed by atoms with van der Waals surface area (Å²) in [5.41, 5.74) is 2.73. The summed E-state index contributed by atoms with van der Waals surface area (Å²) in [6, 6.07) is 7.35. The topological polar surface area (TPSA) is 66.4 Å². The van der Waals surface area contributed by atoms with Crippen molar-refractivity contribution >= 4 is 40.7 Å². The van der Waals surface area contributed by atoms with Crippen molar-refractivity contribution in [2.24, 2.45) is 0 Å². The molecule has 1 aromatic heterocycles. The third kappa shape index (κ3) is 3.65. The summed E-state index contributed by atoms with van der Waals surface area (Å²) in [5, 5.41) is 13.6. The van der Waals surface area contributed by atoms with E-state index in [1.165, 1.54) is 0 Å². The second-order valence-electron chi connectivity index (χ2n) is 4.52. The predicted molar refractivity (Wildman–Crippen MR) is 87.6 cm³/mol. The number of aryl methyl sites for hydroxylation is 1. The number of anilines is 1. The van der Waals surface area contributed by atoms with Gasteiger partial charge >= 0.3 is 5.97 Å². The summed E-state index contributed by atoms with van der Waals surface area (Å²) in [7, 11) is 0. The Morgan fingerprint density at radius 3 is 2.81 bits per heavy atom. The van der Waals surface area contributed by atoms with Crippen LogP contribution in [0.2, 0.25) is 0 Å². The molecular formula is C15H15NO3S2. The number of carbonyl (C=O) groups excluding carboxylic acids is 1. The average molecular weight is 321 g/mol. The van der Waals surface area contributed by atoms with Gasteiger partial charge < -0.3 is 10.4 Å². The molecule has 1 amide bonds. The van der Waals surface area contributed by atoms with E-state index in [0.29, 0.717) is 11.3 Å². The molecule has 0 aliphatic heterocycles. The van der Waals surface area contributed by atoms with Gasteiger partial charge in [-0.25, -0.2) is 4.79 Å². The van der Waals surface area contributed by atoms with Crippen LogP contribution in [0.1, 0.15) is 31.2 Å². The van der Waals surface area contributed by atoms with Gasteiger partial charge in [0, 0.05) is 11.3 Å². The highest BCUT2D eigenvalue weighted by molar-refractivity contribution is 7.97. The Hall–Kier alpha value is -1.79. The number of carboxylic acids is 1. The predicted octanol–water partition coefficient (Wildman–Crippen LogP) is 3.87. The van der Waals surface area contributed by atoms with Gasteiger partial charge in [0.25, 0.3) is 5.91 Å². The van der Waals surface area contributed by atoms with Crippen molar-refractivity contribution in [1.82, 2.24) is 0 Å². The number of hydrogen-bond donors (Lipinski definition) is 2. The van der Waals surface area contributed by atoms with E-state index in [1.54, 1.807) is 30.1 Å². The van der Waals surface area contributed by atoms with Crippen LogP contribution in [0.4, 0.5) is 5.69 Å². The fraction of sp³-hybridized carbons (Fsp3) is 0.200. The minimum Gasteiger partial charge on any atom is -0.477 e. The maximum atomic E-state index is 12.3. The molecule has 0 fully saturated rings. The molecule has 4 nitrogen and oxygen atoms in total. The summed E-state index contributed by atoms with van der Waals surface area (Å²) in [4.78, 5) is 23.6. The van der Waals surface area contributed by atoms with Gasteiger partial charge in [0.1, 0.15) is 4.88 Å². The Bertz CT molecular complexity index is 679. The first-order valence-electron chi connectivity index (χ1n) is 6.23. The lowest BCUT2D eigenvalue weighted by Gasteiger charge is -2.07. The summed E-state index contributed by atoms with van der Waals surface area (Å²) < 4.78 is 0. The van der Waals surface area contributed by atoms with Gasteiger partial charge in [0.2, 0.25) is 0 Å². The van der Waals surface area contributed by atoms with Gasteiger partial charge in [-0.3, -0.25) is 4.79 Å². The van der Waals surface area contributed by atoms with E-state index in [-0.39, 0.29) is 10.8 Å². The number of amides is 1. The van der Waals surface area contributed by atoms with E-state index >= 15 is 0 Å². The van der Waals surface area contributed by atoms with Crippen LogP contribution in [0.25, 0.3) is 0 Å². The number of nitrogens with one attached hydrogen (secondary N) is 1. The second kappa shape index (κ2) is 6.78. The van der Waals surface area contributed by atoms with E-state index in [4.69, 9.17) is 5.11 Å². The fourth-order valence-electron chi connectivity index (χ4n) is 1.91. The van der Waals surface area contributed by atoms with Crippen LogP contribution in [0.5, 0.6) is 0 Å². The zero-order valence-corrected chi connectivity index (χ0v) is 13.3. The van der Waals surface area contributed by atoms with Gasteiger partial charge in [-0.15, -0.1) is 11.3 Å². The van der Waals surface area contributed by atoms with Crippen molar-refractivity contribution < 1.29 is 14.7 Å². The van der Waals surface area contributed by atoms with Crippen molar-refractivity contribution in [2.75, 3.05) is 11.6 Å². The molecule has 0 radical (unpaired) electrons. The lowest BCUT2D eigenvalue weighted by atomic mass is 10.1. The van der Waals surface area contributed by atoms with E-state index in [1.807, 2.05) is 24.5 Å². The van der Waals surface area contributed by atoms with Crippen molar-refractivity contribution in [1.29, 1.82) is 0 Å². The van der Waals surface area contributed by atoms with Gasteiger partial charge in [0.15, 0.2) is 0 Å². The second-order valence-corrected chi connectivity index (χ2v) is 6.26. The number of thioether (sulfide) groups is 1. The summed E-state index contributed by atoms with van der Waals surface area (Å²) in [6.07, 6.45) is 2.00. The molecular weight excluding hydrogens is 306 g/mol. The molecule has 1 aromatic carbocycles. The lowest BCUT2D eigenvalue weighted by molar-refractivity contribution is 0.0703. The average Bonchev–Trinajstić information content (AvgIpc) is 2.81. The number of hydrogen-bond acceptors (Lipinski definition) is 4. The molecule has 0 aliphatic carbocycles. The highest BCUT2D eigenvalue weighted by atomic mass is 32.2. The smallest absolute Gasteiger partial charge is 0.348 e. The van der Waals surface area contributed by atoms with E-state index in [2.05, 4.69) is 5.32 Å². The molecule has 0 bridgehead atoms. The molecule has 6 heteroatoms. The molecule has 0 aliphatic rings. The van der Waals surface area contributed by atoms with Gasteiger partial charge in [-0.2, -0.15) is 11.8 Å². The number of carboxylic acid groups (broad SMARTS) is 1. The summed E-state index contributed by atoms with van der Waals surface area (Å²) in [6.45, 7) is 1.78. The highest BCUT2D eigenvalue weighted by Crippen LogP contribution is 2.28. The molecule has 0 saturated carbocycles. The Labute approximate surface area is 131 Å². The number of rotatable bonds is 5. The Balaban J connectivity index is 2.24. The summed E-state index contributed by atoms with van der Waals surface area (Å²) >= 11 is 2.80. The third-order valence-corrected chi connectivity index (χ3v) is 4.62. The van der Waals surface area contributed by atoms with Crippen LogP contribution in [0.15, 0.2) is 29.6 Å². The maximum Gasteiger partial charge on any atom is 0.348 e. The van der Waals surface area contributed by atoms with Gasteiger partial charge in [-0.05, 0) is 41.8 Å². The van der Waals surface area contributed by atoms with Crippen LogP contribution in [-0.2, 0) is 5.75 Å².